The third kappa shape index (κ3) is 5.49. The van der Waals surface area contributed by atoms with Gasteiger partial charge in [0.2, 0.25) is 11.8 Å². The molecule has 0 saturated carbocycles. The Bertz CT molecular complexity index is 764. The van der Waals surface area contributed by atoms with E-state index in [1.54, 1.807) is 30.2 Å². The average Bonchev–Trinajstić information content (AvgIpc) is 2.63. The van der Waals surface area contributed by atoms with Crippen LogP contribution in [-0.2, 0) is 16.0 Å². The van der Waals surface area contributed by atoms with E-state index in [0.29, 0.717) is 23.0 Å². The molecule has 2 aromatic rings. The van der Waals surface area contributed by atoms with Gasteiger partial charge in [-0.1, -0.05) is 48.9 Å². The topological polar surface area (TPSA) is 58.6 Å². The Morgan fingerprint density at radius 3 is 2.50 bits per heavy atom. The molecule has 26 heavy (non-hydrogen) atoms. The van der Waals surface area contributed by atoms with Gasteiger partial charge in [0, 0.05) is 11.6 Å². The molecule has 1 N–H and O–H groups in total. The van der Waals surface area contributed by atoms with E-state index in [1.807, 2.05) is 37.3 Å². The standard InChI is InChI=1S/C20H23ClN2O3/c1-3-12-23(20(25)13-15-8-4-5-9-16(15)21)14-19(24)22-17-10-6-7-11-18(17)26-2/h4-11H,3,12-14H2,1-2H3,(H,22,24). The minimum atomic E-state index is -0.268. The second kappa shape index (κ2) is 9.82. The van der Waals surface area contributed by atoms with Crippen molar-refractivity contribution < 1.29 is 14.3 Å². The fraction of sp³-hybridized carbons (Fsp3) is 0.300. The van der Waals surface area contributed by atoms with E-state index in [4.69, 9.17) is 16.3 Å². The molecule has 0 spiro atoms. The van der Waals surface area contributed by atoms with Crippen molar-refractivity contribution in [3.63, 3.8) is 0 Å². The monoisotopic (exact) mass is 374 g/mol. The molecule has 0 aliphatic carbocycles. The van der Waals surface area contributed by atoms with Crippen LogP contribution in [0.2, 0.25) is 5.02 Å². The normalized spacial score (nSPS) is 10.3. The van der Waals surface area contributed by atoms with Gasteiger partial charge in [0.1, 0.15) is 5.75 Å². The Hall–Kier alpha value is -2.53. The number of hydrogen-bond donors (Lipinski definition) is 1. The fourth-order valence-electron chi connectivity index (χ4n) is 2.59. The molecular formula is C20H23ClN2O3. The summed E-state index contributed by atoms with van der Waals surface area (Å²) in [6.07, 6.45) is 0.928. The summed E-state index contributed by atoms with van der Waals surface area (Å²) in [6, 6.07) is 14.4. The minimum absolute atomic E-state index is 0.0187. The third-order valence-electron chi connectivity index (χ3n) is 3.86. The Morgan fingerprint density at radius 1 is 1.12 bits per heavy atom. The summed E-state index contributed by atoms with van der Waals surface area (Å²) < 4.78 is 5.23. The summed E-state index contributed by atoms with van der Waals surface area (Å²) >= 11 is 6.13. The number of hydrogen-bond acceptors (Lipinski definition) is 3. The van der Waals surface area contributed by atoms with Crippen LogP contribution in [0.25, 0.3) is 0 Å². The van der Waals surface area contributed by atoms with Crippen LogP contribution >= 0.6 is 11.6 Å². The number of amides is 2. The zero-order valence-electron chi connectivity index (χ0n) is 15.0. The van der Waals surface area contributed by atoms with Crippen molar-refractivity contribution in [2.45, 2.75) is 19.8 Å². The second-order valence-electron chi connectivity index (χ2n) is 5.83. The van der Waals surface area contributed by atoms with Crippen molar-refractivity contribution in [3.8, 4) is 5.75 Å². The molecule has 6 heteroatoms. The number of nitrogens with one attached hydrogen (secondary N) is 1. The molecule has 2 rings (SSSR count). The van der Waals surface area contributed by atoms with E-state index < -0.39 is 0 Å². The highest BCUT2D eigenvalue weighted by atomic mass is 35.5. The minimum Gasteiger partial charge on any atom is -0.495 e. The molecule has 0 unspecified atom stereocenters. The maximum absolute atomic E-state index is 12.6. The lowest BCUT2D eigenvalue weighted by Gasteiger charge is -2.22. The van der Waals surface area contributed by atoms with E-state index in [9.17, 15) is 9.59 Å². The van der Waals surface area contributed by atoms with Crippen molar-refractivity contribution in [2.24, 2.45) is 0 Å². The molecule has 0 heterocycles. The molecule has 0 aliphatic rings. The first kappa shape index (κ1) is 19.8. The number of benzene rings is 2. The Kier molecular flexibility index (Phi) is 7.48. The summed E-state index contributed by atoms with van der Waals surface area (Å²) in [5, 5.41) is 3.35. The molecule has 0 bridgehead atoms. The largest absolute Gasteiger partial charge is 0.495 e. The van der Waals surface area contributed by atoms with E-state index in [-0.39, 0.29) is 24.8 Å². The van der Waals surface area contributed by atoms with Crippen LogP contribution in [0.4, 0.5) is 5.69 Å². The lowest BCUT2D eigenvalue weighted by molar-refractivity contribution is -0.134. The molecule has 0 radical (unpaired) electrons. The zero-order valence-corrected chi connectivity index (χ0v) is 15.8. The van der Waals surface area contributed by atoms with Crippen molar-refractivity contribution in [1.29, 1.82) is 0 Å². The van der Waals surface area contributed by atoms with E-state index >= 15 is 0 Å². The van der Waals surface area contributed by atoms with Gasteiger partial charge in [0.15, 0.2) is 0 Å². The molecule has 2 aromatic carbocycles. The Morgan fingerprint density at radius 2 is 1.81 bits per heavy atom. The number of para-hydroxylation sites is 2. The van der Waals surface area contributed by atoms with Crippen LogP contribution in [0, 0.1) is 0 Å². The van der Waals surface area contributed by atoms with Crippen molar-refractivity contribution in [2.75, 3.05) is 25.5 Å². The van der Waals surface area contributed by atoms with Crippen molar-refractivity contribution in [3.05, 3.63) is 59.1 Å². The quantitative estimate of drug-likeness (QED) is 0.765. The number of carbonyl (C=O) groups excluding carboxylic acids is 2. The van der Waals surface area contributed by atoms with Crippen molar-refractivity contribution in [1.82, 2.24) is 4.90 Å². The zero-order chi connectivity index (χ0) is 18.9. The Balaban J connectivity index is 2.03. The molecule has 138 valence electrons. The van der Waals surface area contributed by atoms with Gasteiger partial charge in [-0.25, -0.2) is 0 Å². The first-order chi connectivity index (χ1) is 12.5. The lowest BCUT2D eigenvalue weighted by Crippen LogP contribution is -2.39. The third-order valence-corrected chi connectivity index (χ3v) is 4.23. The van der Waals surface area contributed by atoms with Gasteiger partial charge in [-0.3, -0.25) is 9.59 Å². The second-order valence-corrected chi connectivity index (χ2v) is 6.24. The summed E-state index contributed by atoms with van der Waals surface area (Å²) in [5.41, 5.74) is 1.33. The van der Waals surface area contributed by atoms with Crippen LogP contribution in [0.5, 0.6) is 5.75 Å². The van der Waals surface area contributed by atoms with Gasteiger partial charge in [0.05, 0.1) is 25.8 Å². The predicted molar refractivity (Wildman–Crippen MR) is 104 cm³/mol. The molecular weight excluding hydrogens is 352 g/mol. The maximum Gasteiger partial charge on any atom is 0.244 e. The summed E-state index contributed by atoms with van der Waals surface area (Å²) in [5.74, 6) is 0.177. The van der Waals surface area contributed by atoms with Gasteiger partial charge in [-0.15, -0.1) is 0 Å². The van der Waals surface area contributed by atoms with Crippen LogP contribution in [0.3, 0.4) is 0 Å². The number of nitrogens with zero attached hydrogens (tertiary/aromatic N) is 1. The van der Waals surface area contributed by atoms with E-state index in [2.05, 4.69) is 5.32 Å². The fourth-order valence-corrected chi connectivity index (χ4v) is 2.79. The first-order valence-corrected chi connectivity index (χ1v) is 8.87. The number of halogens is 1. The van der Waals surface area contributed by atoms with Gasteiger partial charge < -0.3 is 15.0 Å². The van der Waals surface area contributed by atoms with Gasteiger partial charge in [-0.05, 0) is 30.2 Å². The number of anilines is 1. The first-order valence-electron chi connectivity index (χ1n) is 8.49. The maximum atomic E-state index is 12.6. The molecule has 5 nitrogen and oxygen atoms in total. The van der Waals surface area contributed by atoms with Crippen LogP contribution in [-0.4, -0.2) is 36.9 Å². The van der Waals surface area contributed by atoms with E-state index in [1.165, 1.54) is 0 Å². The van der Waals surface area contributed by atoms with Crippen molar-refractivity contribution >= 4 is 29.1 Å². The van der Waals surface area contributed by atoms with Crippen LogP contribution in [0.15, 0.2) is 48.5 Å². The molecule has 0 atom stereocenters. The van der Waals surface area contributed by atoms with E-state index in [0.717, 1.165) is 12.0 Å². The highest BCUT2D eigenvalue weighted by Gasteiger charge is 2.18. The number of rotatable bonds is 8. The smallest absolute Gasteiger partial charge is 0.244 e. The van der Waals surface area contributed by atoms with Gasteiger partial charge in [-0.2, -0.15) is 0 Å². The molecule has 0 aliphatic heterocycles. The summed E-state index contributed by atoms with van der Waals surface area (Å²) in [4.78, 5) is 26.6. The Labute approximate surface area is 158 Å². The molecule has 2 amide bonds. The lowest BCUT2D eigenvalue weighted by atomic mass is 10.1. The SMILES string of the molecule is CCCN(CC(=O)Nc1ccccc1OC)C(=O)Cc1ccccc1Cl. The highest BCUT2D eigenvalue weighted by Crippen LogP contribution is 2.23. The summed E-state index contributed by atoms with van der Waals surface area (Å²) in [7, 11) is 1.54. The summed E-state index contributed by atoms with van der Waals surface area (Å²) in [6.45, 7) is 2.45. The molecule has 0 aromatic heterocycles. The number of methoxy groups -OCH3 is 1. The van der Waals surface area contributed by atoms with Crippen LogP contribution < -0.4 is 10.1 Å². The number of carbonyl (C=O) groups is 2. The van der Waals surface area contributed by atoms with Crippen LogP contribution in [0.1, 0.15) is 18.9 Å². The van der Waals surface area contributed by atoms with Gasteiger partial charge >= 0.3 is 0 Å². The van der Waals surface area contributed by atoms with Gasteiger partial charge in [0.25, 0.3) is 0 Å². The molecule has 0 fully saturated rings. The number of ether oxygens (including phenoxy) is 1. The highest BCUT2D eigenvalue weighted by molar-refractivity contribution is 6.31. The predicted octanol–water partition coefficient (Wildman–Crippen LogP) is 3.77. The molecule has 0 saturated heterocycles. The average molecular weight is 375 g/mol.